The van der Waals surface area contributed by atoms with Gasteiger partial charge in [0.05, 0.1) is 31.4 Å². The number of benzene rings is 2. The van der Waals surface area contributed by atoms with Gasteiger partial charge < -0.3 is 14.8 Å². The van der Waals surface area contributed by atoms with E-state index >= 15 is 0 Å². The van der Waals surface area contributed by atoms with Crippen molar-refractivity contribution >= 4 is 40.7 Å². The molecule has 1 N–H and O–H groups in total. The van der Waals surface area contributed by atoms with E-state index in [1.165, 1.54) is 12.0 Å². The van der Waals surface area contributed by atoms with Crippen LogP contribution in [-0.2, 0) is 11.3 Å². The number of para-hydroxylation sites is 2. The first-order valence-corrected chi connectivity index (χ1v) is 11.0. The molecule has 3 aromatic rings. The highest BCUT2D eigenvalue weighted by atomic mass is 32.1. The summed E-state index contributed by atoms with van der Waals surface area (Å²) < 4.78 is 12.4. The van der Waals surface area contributed by atoms with E-state index in [0.717, 1.165) is 11.1 Å². The van der Waals surface area contributed by atoms with E-state index in [4.69, 9.17) is 21.7 Å². The van der Waals surface area contributed by atoms with Crippen molar-refractivity contribution in [3.63, 3.8) is 0 Å². The Hall–Kier alpha value is -4.25. The predicted molar refractivity (Wildman–Crippen MR) is 135 cm³/mol. The second-order valence-electron chi connectivity index (χ2n) is 7.81. The van der Waals surface area contributed by atoms with E-state index in [2.05, 4.69) is 10.4 Å². The van der Waals surface area contributed by atoms with Gasteiger partial charge in [0.1, 0.15) is 28.6 Å². The van der Waals surface area contributed by atoms with E-state index < -0.39 is 4.92 Å². The summed E-state index contributed by atoms with van der Waals surface area (Å²) in [6, 6.07) is 12.6. The molecule has 1 amide bonds. The number of thiocarbonyl (C=S) groups is 1. The smallest absolute Gasteiger partial charge is 0.312 e. The Bertz CT molecular complexity index is 1380. The predicted octanol–water partition coefficient (Wildman–Crippen LogP) is 3.74. The molecular formula is C24H23N5O5S. The van der Waals surface area contributed by atoms with Crippen LogP contribution in [0.25, 0.3) is 6.08 Å². The fourth-order valence-corrected chi connectivity index (χ4v) is 4.31. The molecule has 0 bridgehead atoms. The van der Waals surface area contributed by atoms with Crippen molar-refractivity contribution in [2.75, 3.05) is 19.1 Å². The Labute approximate surface area is 206 Å². The van der Waals surface area contributed by atoms with Gasteiger partial charge in [0.25, 0.3) is 5.91 Å². The maximum absolute atomic E-state index is 13.2. The lowest BCUT2D eigenvalue weighted by molar-refractivity contribution is -0.386. The molecular weight excluding hydrogens is 470 g/mol. The molecule has 2 aromatic carbocycles. The Balaban J connectivity index is 1.67. The topological polar surface area (TPSA) is 112 Å². The van der Waals surface area contributed by atoms with Crippen LogP contribution in [0.4, 0.5) is 11.4 Å². The molecule has 11 heteroatoms. The normalized spacial score (nSPS) is 14.4. The molecule has 0 saturated carbocycles. The lowest BCUT2D eigenvalue weighted by atomic mass is 10.1. The molecule has 0 unspecified atom stereocenters. The molecule has 1 aliphatic rings. The average molecular weight is 494 g/mol. The van der Waals surface area contributed by atoms with Crippen molar-refractivity contribution in [3.8, 4) is 11.5 Å². The Morgan fingerprint density at radius 1 is 1.14 bits per heavy atom. The summed E-state index contributed by atoms with van der Waals surface area (Å²) in [5.41, 5.74) is 3.10. The number of nitro groups is 1. The van der Waals surface area contributed by atoms with Crippen LogP contribution in [0.15, 0.2) is 48.2 Å². The van der Waals surface area contributed by atoms with E-state index in [1.807, 2.05) is 18.2 Å². The second-order valence-corrected chi connectivity index (χ2v) is 8.19. The molecule has 1 saturated heterocycles. The van der Waals surface area contributed by atoms with Gasteiger partial charge in [-0.15, -0.1) is 0 Å². The highest BCUT2D eigenvalue weighted by Gasteiger charge is 2.33. The summed E-state index contributed by atoms with van der Waals surface area (Å²) in [4.78, 5) is 25.5. The standard InChI is InChI=1S/C24H23N5O5S/c1-14-22(29(31)32)15(2)27(26-14)13-17-11-16(9-10-20(17)33-3)12-18-23(30)28(24(35)25-18)19-7-5-6-8-21(19)34-4/h5-12H,13H2,1-4H3,(H,25,35)/b18-12+. The van der Waals surface area contributed by atoms with Crippen molar-refractivity contribution in [3.05, 3.63) is 80.8 Å². The van der Waals surface area contributed by atoms with Crippen molar-refractivity contribution in [2.24, 2.45) is 0 Å². The lowest BCUT2D eigenvalue weighted by Crippen LogP contribution is -2.30. The van der Waals surface area contributed by atoms with Crippen molar-refractivity contribution in [1.82, 2.24) is 15.1 Å². The fourth-order valence-electron chi connectivity index (χ4n) is 4.01. The maximum atomic E-state index is 13.2. The number of amides is 1. The molecule has 180 valence electrons. The number of ether oxygens (including phenoxy) is 2. The summed E-state index contributed by atoms with van der Waals surface area (Å²) in [5.74, 6) is 0.808. The summed E-state index contributed by atoms with van der Waals surface area (Å²) in [5, 5.41) is 18.9. The van der Waals surface area contributed by atoms with Crippen LogP contribution in [0.1, 0.15) is 22.5 Å². The summed E-state index contributed by atoms with van der Waals surface area (Å²) in [6.45, 7) is 3.52. The van der Waals surface area contributed by atoms with Crippen molar-refractivity contribution < 1.29 is 19.2 Å². The number of methoxy groups -OCH3 is 2. The van der Waals surface area contributed by atoms with Gasteiger partial charge in [-0.25, -0.2) is 4.90 Å². The van der Waals surface area contributed by atoms with Gasteiger partial charge in [-0.05, 0) is 62.0 Å². The Morgan fingerprint density at radius 2 is 1.86 bits per heavy atom. The van der Waals surface area contributed by atoms with Crippen molar-refractivity contribution in [1.29, 1.82) is 0 Å². The van der Waals surface area contributed by atoms with E-state index in [9.17, 15) is 14.9 Å². The molecule has 2 heterocycles. The zero-order chi connectivity index (χ0) is 25.3. The Morgan fingerprint density at radius 3 is 2.51 bits per heavy atom. The molecule has 0 spiro atoms. The first-order chi connectivity index (χ1) is 16.7. The molecule has 4 rings (SSSR count). The number of aromatic nitrogens is 2. The van der Waals surface area contributed by atoms with Crippen LogP contribution in [-0.4, -0.2) is 39.9 Å². The third kappa shape index (κ3) is 4.45. The third-order valence-corrected chi connectivity index (χ3v) is 5.95. The summed E-state index contributed by atoms with van der Waals surface area (Å²) in [6.07, 6.45) is 1.69. The number of nitrogens with one attached hydrogen (secondary N) is 1. The largest absolute Gasteiger partial charge is 0.496 e. The summed E-state index contributed by atoms with van der Waals surface area (Å²) in [7, 11) is 3.08. The zero-order valence-electron chi connectivity index (χ0n) is 19.6. The number of carbonyl (C=O) groups excluding carboxylic acids is 1. The molecule has 10 nitrogen and oxygen atoms in total. The van der Waals surface area contributed by atoms with Gasteiger partial charge in [0.15, 0.2) is 5.11 Å². The van der Waals surface area contributed by atoms with E-state index in [0.29, 0.717) is 34.3 Å². The number of rotatable bonds is 7. The van der Waals surface area contributed by atoms with E-state index in [1.54, 1.807) is 56.0 Å². The first kappa shape index (κ1) is 23.9. The van der Waals surface area contributed by atoms with Crippen LogP contribution >= 0.6 is 12.2 Å². The zero-order valence-corrected chi connectivity index (χ0v) is 20.4. The fraction of sp³-hybridized carbons (Fsp3) is 0.208. The quantitative estimate of drug-likeness (QED) is 0.229. The van der Waals surface area contributed by atoms with Gasteiger partial charge in [-0.3, -0.25) is 19.6 Å². The third-order valence-electron chi connectivity index (χ3n) is 5.67. The van der Waals surface area contributed by atoms with Gasteiger partial charge in [0.2, 0.25) is 0 Å². The number of hydrogen-bond donors (Lipinski definition) is 1. The summed E-state index contributed by atoms with van der Waals surface area (Å²) >= 11 is 5.41. The maximum Gasteiger partial charge on any atom is 0.312 e. The Kier molecular flexibility index (Phi) is 6.52. The minimum absolute atomic E-state index is 0.00654. The van der Waals surface area contributed by atoms with Gasteiger partial charge in [0, 0.05) is 5.56 Å². The number of carbonyl (C=O) groups is 1. The van der Waals surface area contributed by atoms with Crippen LogP contribution in [0, 0.1) is 24.0 Å². The molecule has 0 atom stereocenters. The number of hydrogen-bond acceptors (Lipinski definition) is 7. The molecule has 1 aliphatic heterocycles. The van der Waals surface area contributed by atoms with Crippen LogP contribution in [0.2, 0.25) is 0 Å². The van der Waals surface area contributed by atoms with E-state index in [-0.39, 0.29) is 23.3 Å². The molecule has 1 aromatic heterocycles. The van der Waals surface area contributed by atoms with Gasteiger partial charge in [-0.1, -0.05) is 18.2 Å². The molecule has 0 aliphatic carbocycles. The van der Waals surface area contributed by atoms with Gasteiger partial charge >= 0.3 is 5.69 Å². The van der Waals surface area contributed by atoms with Crippen LogP contribution in [0.5, 0.6) is 11.5 Å². The molecule has 35 heavy (non-hydrogen) atoms. The average Bonchev–Trinajstić information content (AvgIpc) is 3.27. The highest BCUT2D eigenvalue weighted by Crippen LogP contribution is 2.32. The number of nitrogens with zero attached hydrogens (tertiary/aromatic N) is 4. The lowest BCUT2D eigenvalue weighted by Gasteiger charge is -2.17. The van der Waals surface area contributed by atoms with Crippen LogP contribution < -0.4 is 19.7 Å². The minimum atomic E-state index is -0.431. The minimum Gasteiger partial charge on any atom is -0.496 e. The SMILES string of the molecule is COc1ccc(/C=C2/NC(=S)N(c3ccccc3OC)C2=O)cc1Cn1nc(C)c([N+](=O)[O-])c1C. The molecule has 0 radical (unpaired) electrons. The second kappa shape index (κ2) is 9.55. The van der Waals surface area contributed by atoms with Crippen molar-refractivity contribution in [2.45, 2.75) is 20.4 Å². The van der Waals surface area contributed by atoms with Gasteiger partial charge in [-0.2, -0.15) is 5.10 Å². The highest BCUT2D eigenvalue weighted by molar-refractivity contribution is 7.80. The van der Waals surface area contributed by atoms with Crippen LogP contribution in [0.3, 0.4) is 0 Å². The first-order valence-electron chi connectivity index (χ1n) is 10.6. The number of aryl methyl sites for hydroxylation is 1. The monoisotopic (exact) mass is 493 g/mol. The molecule has 1 fully saturated rings. The number of anilines is 1.